The first-order chi connectivity index (χ1) is 7.59. The predicted molar refractivity (Wildman–Crippen MR) is 64.0 cm³/mol. The molecule has 6 heteroatoms. The number of nitro groups is 1. The van der Waals surface area contributed by atoms with Crippen molar-refractivity contribution in [1.29, 1.82) is 0 Å². The first-order valence-corrected chi connectivity index (χ1v) is 4.92. The van der Waals surface area contributed by atoms with Crippen molar-refractivity contribution in [2.45, 2.75) is 6.82 Å². The van der Waals surface area contributed by atoms with E-state index in [0.717, 1.165) is 5.56 Å². The number of benzene rings is 1. The van der Waals surface area contributed by atoms with Gasteiger partial charge in [-0.15, -0.1) is 0 Å². The fraction of sp³-hybridized carbons (Fsp3) is 0.200. The van der Waals surface area contributed by atoms with Crippen molar-refractivity contribution in [1.82, 2.24) is 5.23 Å². The number of nitrogens with zero attached hydrogens (tertiary/aromatic N) is 1. The smallest absolute Gasteiger partial charge is 0.373 e. The van der Waals surface area contributed by atoms with E-state index < -0.39 is 12.0 Å². The number of hydrogen-bond acceptors (Lipinski definition) is 4. The van der Waals surface area contributed by atoms with Crippen LogP contribution in [0, 0.1) is 10.1 Å². The van der Waals surface area contributed by atoms with Crippen LogP contribution in [-0.4, -0.2) is 23.5 Å². The van der Waals surface area contributed by atoms with Crippen LogP contribution in [0.1, 0.15) is 5.56 Å². The minimum absolute atomic E-state index is 0.0826. The zero-order chi connectivity index (χ0) is 12.0. The summed E-state index contributed by atoms with van der Waals surface area (Å²) in [5, 5.41) is 22.1. The summed E-state index contributed by atoms with van der Waals surface area (Å²) in [5.74, 6) is 0. The lowest BCUT2D eigenvalue weighted by Gasteiger charge is -1.98. The zero-order valence-electron chi connectivity index (χ0n) is 8.96. The van der Waals surface area contributed by atoms with Crippen molar-refractivity contribution < 1.29 is 9.95 Å². The van der Waals surface area contributed by atoms with Crippen molar-refractivity contribution in [3.05, 3.63) is 46.0 Å². The van der Waals surface area contributed by atoms with Gasteiger partial charge in [-0.2, -0.15) is 0 Å². The van der Waals surface area contributed by atoms with Crippen LogP contribution in [0.25, 0.3) is 6.08 Å². The monoisotopic (exact) mass is 220 g/mol. The molecule has 2 N–H and O–H groups in total. The highest BCUT2D eigenvalue weighted by molar-refractivity contribution is 6.45. The third-order valence-corrected chi connectivity index (χ3v) is 1.95. The van der Waals surface area contributed by atoms with Crippen LogP contribution in [0.15, 0.2) is 30.3 Å². The molecule has 0 aromatic heterocycles. The molecule has 0 saturated heterocycles. The van der Waals surface area contributed by atoms with Crippen LogP contribution in [0.4, 0.5) is 5.69 Å². The van der Waals surface area contributed by atoms with Crippen molar-refractivity contribution in [3.63, 3.8) is 0 Å². The van der Waals surface area contributed by atoms with Crippen LogP contribution in [-0.2, 0) is 0 Å². The lowest BCUT2D eigenvalue weighted by atomic mass is 9.89. The Kier molecular flexibility index (Phi) is 4.69. The number of non-ortho nitro benzene ring substituents is 1. The maximum atomic E-state index is 10.4. The average Bonchev–Trinajstić information content (AvgIpc) is 2.25. The maximum absolute atomic E-state index is 10.4. The molecule has 84 valence electrons. The van der Waals surface area contributed by atoms with E-state index in [9.17, 15) is 10.1 Å². The molecule has 1 aromatic carbocycles. The minimum atomic E-state index is -0.540. The van der Waals surface area contributed by atoms with Gasteiger partial charge < -0.3 is 10.3 Å². The van der Waals surface area contributed by atoms with Crippen LogP contribution in [0.2, 0.25) is 6.82 Å². The van der Waals surface area contributed by atoms with Crippen molar-refractivity contribution in [2.24, 2.45) is 0 Å². The largest absolute Gasteiger partial charge is 0.437 e. The molecule has 0 radical (unpaired) electrons. The van der Waals surface area contributed by atoms with Gasteiger partial charge in [0.15, 0.2) is 0 Å². The minimum Gasteiger partial charge on any atom is -0.437 e. The summed E-state index contributed by atoms with van der Waals surface area (Å²) >= 11 is 0. The van der Waals surface area contributed by atoms with E-state index in [1.807, 2.05) is 12.2 Å². The Morgan fingerprint density at radius 3 is 2.62 bits per heavy atom. The third-order valence-electron chi connectivity index (χ3n) is 1.95. The molecule has 0 aliphatic rings. The Labute approximate surface area is 94.1 Å². The molecule has 0 aliphatic heterocycles. The van der Waals surface area contributed by atoms with Gasteiger partial charge in [-0.25, -0.2) is 0 Å². The van der Waals surface area contributed by atoms with Crippen molar-refractivity contribution in [3.8, 4) is 0 Å². The number of nitrogens with one attached hydrogen (secondary N) is 1. The van der Waals surface area contributed by atoms with Gasteiger partial charge in [0.25, 0.3) is 5.69 Å². The number of nitro benzene ring substituents is 1. The molecular weight excluding hydrogens is 207 g/mol. The van der Waals surface area contributed by atoms with E-state index in [1.54, 1.807) is 19.0 Å². The van der Waals surface area contributed by atoms with Crippen LogP contribution in [0.3, 0.4) is 0 Å². The molecule has 0 bridgehead atoms. The van der Waals surface area contributed by atoms with E-state index in [2.05, 4.69) is 5.23 Å². The average molecular weight is 220 g/mol. The first-order valence-electron chi connectivity index (χ1n) is 4.92. The number of hydrogen-bond donors (Lipinski definition) is 2. The number of rotatable bonds is 5. The molecule has 0 spiro atoms. The lowest BCUT2D eigenvalue weighted by Crippen LogP contribution is -2.30. The zero-order valence-corrected chi connectivity index (χ0v) is 8.96. The summed E-state index contributed by atoms with van der Waals surface area (Å²) in [7, 11) is -0.540. The summed E-state index contributed by atoms with van der Waals surface area (Å²) < 4.78 is 0. The van der Waals surface area contributed by atoms with E-state index in [4.69, 9.17) is 5.02 Å². The summed E-state index contributed by atoms with van der Waals surface area (Å²) in [4.78, 5) is 9.97. The van der Waals surface area contributed by atoms with E-state index in [0.29, 0.717) is 6.54 Å². The van der Waals surface area contributed by atoms with Crippen molar-refractivity contribution >= 4 is 18.8 Å². The third kappa shape index (κ3) is 4.25. The van der Waals surface area contributed by atoms with Crippen LogP contribution in [0.5, 0.6) is 0 Å². The molecule has 16 heavy (non-hydrogen) atoms. The molecular formula is C10H13BN2O3. The quantitative estimate of drug-likeness (QED) is 0.445. The molecule has 0 saturated carbocycles. The maximum Gasteiger partial charge on any atom is 0.373 e. The van der Waals surface area contributed by atoms with Gasteiger partial charge in [0.05, 0.1) is 4.92 Å². The summed E-state index contributed by atoms with van der Waals surface area (Å²) in [6.45, 7) is 2.19. The first kappa shape index (κ1) is 12.4. The fourth-order valence-electron chi connectivity index (χ4n) is 1.14. The molecule has 0 unspecified atom stereocenters. The van der Waals surface area contributed by atoms with E-state index in [1.165, 1.54) is 12.1 Å². The molecule has 0 heterocycles. The molecule has 0 fully saturated rings. The second-order valence-corrected chi connectivity index (χ2v) is 3.34. The summed E-state index contributed by atoms with van der Waals surface area (Å²) in [5.41, 5.74) is 0.970. The highest BCUT2D eigenvalue weighted by Gasteiger charge is 2.02. The Morgan fingerprint density at radius 1 is 1.50 bits per heavy atom. The van der Waals surface area contributed by atoms with E-state index in [-0.39, 0.29) is 5.69 Å². The van der Waals surface area contributed by atoms with Gasteiger partial charge in [-0.1, -0.05) is 12.2 Å². The molecule has 0 amide bonds. The summed E-state index contributed by atoms with van der Waals surface area (Å²) in [6.07, 6.45) is 3.67. The van der Waals surface area contributed by atoms with Gasteiger partial charge in [0, 0.05) is 18.7 Å². The molecule has 1 rings (SSSR count). The van der Waals surface area contributed by atoms with Crippen molar-refractivity contribution in [2.75, 3.05) is 6.54 Å². The van der Waals surface area contributed by atoms with Gasteiger partial charge in [0.2, 0.25) is 0 Å². The Hall–Kier alpha value is -1.66. The van der Waals surface area contributed by atoms with E-state index >= 15 is 0 Å². The Morgan fingerprint density at radius 2 is 2.12 bits per heavy atom. The highest BCUT2D eigenvalue weighted by Crippen LogP contribution is 2.12. The Balaban J connectivity index is 2.52. The second kappa shape index (κ2) is 6.04. The van der Waals surface area contributed by atoms with Gasteiger partial charge >= 0.3 is 7.05 Å². The van der Waals surface area contributed by atoms with Gasteiger partial charge in [-0.05, 0) is 24.5 Å². The Bertz CT molecular complexity index is 376. The highest BCUT2D eigenvalue weighted by atomic mass is 16.6. The normalized spacial score (nSPS) is 10.6. The van der Waals surface area contributed by atoms with Gasteiger partial charge in [0.1, 0.15) is 0 Å². The molecule has 1 aromatic rings. The topological polar surface area (TPSA) is 75.4 Å². The van der Waals surface area contributed by atoms with Gasteiger partial charge in [-0.3, -0.25) is 10.1 Å². The SMILES string of the molecule is CB(O)NC/C=C/c1ccc([N+](=O)[O-])cc1. The fourth-order valence-corrected chi connectivity index (χ4v) is 1.14. The lowest BCUT2D eigenvalue weighted by molar-refractivity contribution is -0.384. The standard InChI is InChI=1S/C10H13BN2O3/c1-11(14)12-8-2-3-9-4-6-10(7-5-9)13(15)16/h2-7,12,14H,8H2,1H3/b3-2+. The molecule has 0 atom stereocenters. The summed E-state index contributed by atoms with van der Waals surface area (Å²) in [6, 6.07) is 6.28. The predicted octanol–water partition coefficient (Wildman–Crippen LogP) is 1.31. The molecule has 0 aliphatic carbocycles. The molecule has 5 nitrogen and oxygen atoms in total. The van der Waals surface area contributed by atoms with Crippen LogP contribution < -0.4 is 5.23 Å². The van der Waals surface area contributed by atoms with Crippen LogP contribution >= 0.6 is 0 Å². The second-order valence-electron chi connectivity index (χ2n) is 3.34.